The van der Waals surface area contributed by atoms with Crippen molar-refractivity contribution in [3.63, 3.8) is 0 Å². The average molecular weight is 566 g/mol. The normalized spacial score (nSPS) is 16.2. The highest BCUT2D eigenvalue weighted by molar-refractivity contribution is 14.0. The molecular weight excluding hydrogens is 529 g/mol. The third-order valence-corrected chi connectivity index (χ3v) is 5.43. The van der Waals surface area contributed by atoms with Crippen molar-refractivity contribution in [1.29, 1.82) is 0 Å². The van der Waals surface area contributed by atoms with Crippen LogP contribution in [0.2, 0.25) is 0 Å². The van der Waals surface area contributed by atoms with Crippen LogP contribution < -0.4 is 16.0 Å². The number of urea groups is 1. The molecule has 180 valence electrons. The molecule has 0 radical (unpaired) electrons. The molecule has 0 bridgehead atoms. The summed E-state index contributed by atoms with van der Waals surface area (Å²) < 4.78 is 6.08. The van der Waals surface area contributed by atoms with Crippen LogP contribution >= 0.6 is 24.0 Å². The monoisotopic (exact) mass is 565 g/mol. The van der Waals surface area contributed by atoms with Gasteiger partial charge in [-0.25, -0.2) is 4.79 Å². The summed E-state index contributed by atoms with van der Waals surface area (Å²) in [4.78, 5) is 18.6. The second kappa shape index (κ2) is 12.8. The summed E-state index contributed by atoms with van der Waals surface area (Å²) in [6.07, 6.45) is 0.0326. The molecule has 7 nitrogen and oxygen atoms in total. The fourth-order valence-electron chi connectivity index (χ4n) is 3.87. The molecule has 1 saturated heterocycles. The summed E-state index contributed by atoms with van der Waals surface area (Å²) in [5.74, 6) is 0.863. The lowest BCUT2D eigenvalue weighted by Crippen LogP contribution is -2.48. The summed E-state index contributed by atoms with van der Waals surface area (Å²) in [6, 6.07) is 14.2. The second-order valence-electron chi connectivity index (χ2n) is 8.52. The van der Waals surface area contributed by atoms with Crippen LogP contribution in [-0.2, 0) is 11.3 Å². The van der Waals surface area contributed by atoms with Crippen LogP contribution in [-0.4, -0.2) is 49.7 Å². The number of carbonyl (C=O) groups is 1. The quantitative estimate of drug-likeness (QED) is 0.282. The van der Waals surface area contributed by atoms with Crippen LogP contribution in [0.4, 0.5) is 10.5 Å². The molecule has 2 aromatic carbocycles. The minimum absolute atomic E-state index is 0. The first-order valence-electron chi connectivity index (χ1n) is 11.2. The Morgan fingerprint density at radius 1 is 1.18 bits per heavy atom. The van der Waals surface area contributed by atoms with Crippen molar-refractivity contribution in [3.8, 4) is 0 Å². The lowest BCUT2D eigenvalue weighted by molar-refractivity contribution is -0.00834. The van der Waals surface area contributed by atoms with Gasteiger partial charge in [-0.15, -0.1) is 24.0 Å². The number of amides is 2. The highest BCUT2D eigenvalue weighted by atomic mass is 127. The number of hydrogen-bond donors (Lipinski definition) is 3. The maximum atomic E-state index is 11.8. The molecule has 0 spiro atoms. The molecule has 0 aromatic heterocycles. The number of ether oxygens (including phenoxy) is 1. The molecule has 3 N–H and O–H groups in total. The fourth-order valence-corrected chi connectivity index (χ4v) is 3.87. The standard InChI is InChI=1S/C25H35N5O2.HI/c1-17(2)28-25(31)29-21-9-7-20(8-10-21)15-27-24(26-5)30-12-13-32-23(16-30)22-11-6-18(3)14-19(22)4;/h6-11,14,17,23H,12-13,15-16H2,1-5H3,(H,26,27)(H2,28,29,31);1H. The Bertz CT molecular complexity index is 946. The highest BCUT2D eigenvalue weighted by Crippen LogP contribution is 2.26. The summed E-state index contributed by atoms with van der Waals surface area (Å²) in [7, 11) is 1.81. The van der Waals surface area contributed by atoms with Gasteiger partial charge >= 0.3 is 6.03 Å². The molecule has 0 aliphatic carbocycles. The molecule has 1 atom stereocenters. The topological polar surface area (TPSA) is 78.0 Å². The van der Waals surface area contributed by atoms with E-state index < -0.39 is 0 Å². The van der Waals surface area contributed by atoms with E-state index in [1.807, 2.05) is 45.2 Å². The molecule has 1 fully saturated rings. The number of benzene rings is 2. The van der Waals surface area contributed by atoms with Gasteiger partial charge in [0.2, 0.25) is 0 Å². The highest BCUT2D eigenvalue weighted by Gasteiger charge is 2.25. The first kappa shape index (κ1) is 26.9. The number of morpholine rings is 1. The van der Waals surface area contributed by atoms with Crippen molar-refractivity contribution < 1.29 is 9.53 Å². The number of aliphatic imine (C=N–C) groups is 1. The molecule has 3 rings (SSSR count). The number of hydrogen-bond acceptors (Lipinski definition) is 3. The maximum Gasteiger partial charge on any atom is 0.319 e. The van der Waals surface area contributed by atoms with Crippen LogP contribution in [0.3, 0.4) is 0 Å². The Labute approximate surface area is 214 Å². The SMILES string of the molecule is CN=C(NCc1ccc(NC(=O)NC(C)C)cc1)N1CCOC(c2ccc(C)cc2C)C1.I. The van der Waals surface area contributed by atoms with E-state index in [0.29, 0.717) is 13.2 Å². The zero-order valence-corrected chi connectivity index (χ0v) is 22.5. The van der Waals surface area contributed by atoms with Gasteiger partial charge in [-0.3, -0.25) is 4.99 Å². The lowest BCUT2D eigenvalue weighted by atomic mass is 10.00. The summed E-state index contributed by atoms with van der Waals surface area (Å²) in [5, 5.41) is 9.12. The van der Waals surface area contributed by atoms with Gasteiger partial charge in [-0.2, -0.15) is 0 Å². The molecule has 1 aliphatic heterocycles. The third-order valence-electron chi connectivity index (χ3n) is 5.43. The number of guanidine groups is 1. The van der Waals surface area contributed by atoms with Crippen molar-refractivity contribution in [3.05, 3.63) is 64.7 Å². The van der Waals surface area contributed by atoms with Gasteiger partial charge < -0.3 is 25.6 Å². The Morgan fingerprint density at radius 2 is 1.91 bits per heavy atom. The molecule has 1 aliphatic rings. The maximum absolute atomic E-state index is 11.8. The predicted octanol–water partition coefficient (Wildman–Crippen LogP) is 4.60. The molecule has 1 heterocycles. The van der Waals surface area contributed by atoms with Crippen LogP contribution in [0.25, 0.3) is 0 Å². The molecule has 33 heavy (non-hydrogen) atoms. The predicted molar refractivity (Wildman–Crippen MR) is 146 cm³/mol. The van der Waals surface area contributed by atoms with E-state index in [4.69, 9.17) is 4.74 Å². The van der Waals surface area contributed by atoms with Crippen molar-refractivity contribution in [1.82, 2.24) is 15.5 Å². The molecule has 2 amide bonds. The average Bonchev–Trinajstić information content (AvgIpc) is 2.75. The van der Waals surface area contributed by atoms with Gasteiger partial charge in [-0.05, 0) is 56.5 Å². The molecule has 8 heteroatoms. The van der Waals surface area contributed by atoms with E-state index in [9.17, 15) is 4.79 Å². The van der Waals surface area contributed by atoms with Gasteiger partial charge in [-0.1, -0.05) is 35.9 Å². The van der Waals surface area contributed by atoms with Gasteiger partial charge in [0, 0.05) is 31.9 Å². The van der Waals surface area contributed by atoms with Crippen LogP contribution in [0.5, 0.6) is 0 Å². The van der Waals surface area contributed by atoms with E-state index >= 15 is 0 Å². The Morgan fingerprint density at radius 3 is 2.55 bits per heavy atom. The van der Waals surface area contributed by atoms with E-state index in [1.54, 1.807) is 0 Å². The third kappa shape index (κ3) is 7.89. The number of halogens is 1. The van der Waals surface area contributed by atoms with Crippen molar-refractivity contribution in [2.75, 3.05) is 32.1 Å². The Kier molecular flexibility index (Phi) is 10.4. The number of aryl methyl sites for hydroxylation is 2. The summed E-state index contributed by atoms with van der Waals surface area (Å²) in [5.41, 5.74) is 5.63. The zero-order chi connectivity index (χ0) is 23.1. The first-order valence-corrected chi connectivity index (χ1v) is 11.2. The van der Waals surface area contributed by atoms with Crippen LogP contribution in [0.1, 0.15) is 42.2 Å². The number of rotatable bonds is 5. The molecule has 1 unspecified atom stereocenters. The Balaban J connectivity index is 0.00000385. The first-order chi connectivity index (χ1) is 15.4. The van der Waals surface area contributed by atoms with E-state index in [0.717, 1.165) is 30.3 Å². The van der Waals surface area contributed by atoms with Crippen molar-refractivity contribution in [2.45, 2.75) is 46.4 Å². The molecule has 0 saturated carbocycles. The van der Waals surface area contributed by atoms with E-state index in [2.05, 4.69) is 57.9 Å². The van der Waals surface area contributed by atoms with Gasteiger partial charge in [0.05, 0.1) is 13.2 Å². The van der Waals surface area contributed by atoms with Gasteiger partial charge in [0.15, 0.2) is 5.96 Å². The van der Waals surface area contributed by atoms with E-state index in [1.165, 1.54) is 16.7 Å². The molecule has 2 aromatic rings. The number of nitrogens with one attached hydrogen (secondary N) is 3. The van der Waals surface area contributed by atoms with Crippen LogP contribution in [0, 0.1) is 13.8 Å². The van der Waals surface area contributed by atoms with Gasteiger partial charge in [0.25, 0.3) is 0 Å². The minimum Gasteiger partial charge on any atom is -0.370 e. The number of carbonyl (C=O) groups excluding carboxylic acids is 1. The second-order valence-corrected chi connectivity index (χ2v) is 8.52. The summed E-state index contributed by atoms with van der Waals surface area (Å²) in [6.45, 7) is 11.0. The fraction of sp³-hybridized carbons (Fsp3) is 0.440. The smallest absolute Gasteiger partial charge is 0.319 e. The zero-order valence-electron chi connectivity index (χ0n) is 20.1. The minimum atomic E-state index is -0.197. The lowest BCUT2D eigenvalue weighted by Gasteiger charge is -2.36. The molecular formula is C25H36IN5O2. The van der Waals surface area contributed by atoms with Crippen molar-refractivity contribution in [2.24, 2.45) is 4.99 Å². The van der Waals surface area contributed by atoms with Crippen LogP contribution in [0.15, 0.2) is 47.5 Å². The number of anilines is 1. The Hall–Kier alpha value is -2.33. The van der Waals surface area contributed by atoms with Crippen molar-refractivity contribution >= 4 is 41.7 Å². The summed E-state index contributed by atoms with van der Waals surface area (Å²) >= 11 is 0. The van der Waals surface area contributed by atoms with E-state index in [-0.39, 0.29) is 42.2 Å². The number of nitrogens with zero attached hydrogens (tertiary/aromatic N) is 2. The largest absolute Gasteiger partial charge is 0.370 e. The van der Waals surface area contributed by atoms with Gasteiger partial charge in [0.1, 0.15) is 6.10 Å².